The van der Waals surface area contributed by atoms with Crippen LogP contribution in [0, 0.1) is 6.92 Å². The fraction of sp³-hybridized carbons (Fsp3) is 0.545. The minimum absolute atomic E-state index is 0.143. The van der Waals surface area contributed by atoms with Crippen LogP contribution in [0.1, 0.15) is 24.6 Å². The summed E-state index contributed by atoms with van der Waals surface area (Å²) in [5.41, 5.74) is 1.23. The molecular formula is C22H32N4O5S2. The molecule has 2 heterocycles. The van der Waals surface area contributed by atoms with Crippen molar-refractivity contribution in [2.24, 2.45) is 0 Å². The van der Waals surface area contributed by atoms with E-state index in [1.54, 1.807) is 14.0 Å². The Labute approximate surface area is 199 Å². The van der Waals surface area contributed by atoms with Crippen LogP contribution in [-0.4, -0.2) is 77.3 Å². The van der Waals surface area contributed by atoms with Crippen LogP contribution in [0.15, 0.2) is 28.5 Å². The molecule has 1 aromatic heterocycles. The lowest BCUT2D eigenvalue weighted by Crippen LogP contribution is -2.38. The molecule has 0 spiro atoms. The number of aryl methyl sites for hydroxylation is 1. The van der Waals surface area contributed by atoms with Crippen LogP contribution in [-0.2, 0) is 26.0 Å². The number of morpholine rings is 1. The first kappa shape index (κ1) is 25.6. The lowest BCUT2D eigenvalue weighted by Gasteiger charge is -2.26. The molecule has 1 fully saturated rings. The molecule has 0 atom stereocenters. The van der Waals surface area contributed by atoms with Gasteiger partial charge in [-0.25, -0.2) is 18.1 Å². The minimum atomic E-state index is -3.69. The number of anilines is 1. The maximum Gasteiger partial charge on any atom is 0.252 e. The summed E-state index contributed by atoms with van der Waals surface area (Å²) >= 11 is 1.01. The normalized spacial score (nSPS) is 14.9. The summed E-state index contributed by atoms with van der Waals surface area (Å²) in [6.45, 7) is 8.50. The average molecular weight is 497 g/mol. The fourth-order valence-electron chi connectivity index (χ4n) is 3.43. The highest BCUT2D eigenvalue weighted by atomic mass is 32.2. The van der Waals surface area contributed by atoms with Gasteiger partial charge in [0.1, 0.15) is 5.75 Å². The van der Waals surface area contributed by atoms with Crippen LogP contribution in [0.3, 0.4) is 0 Å². The van der Waals surface area contributed by atoms with Gasteiger partial charge in [0.05, 0.1) is 31.9 Å². The van der Waals surface area contributed by atoms with Crippen molar-refractivity contribution in [3.8, 4) is 5.75 Å². The Morgan fingerprint density at radius 2 is 1.97 bits per heavy atom. The molecule has 0 aliphatic carbocycles. The second-order valence-electron chi connectivity index (χ2n) is 7.78. The van der Waals surface area contributed by atoms with E-state index < -0.39 is 10.0 Å². The number of nitrogens with one attached hydrogen (secondary N) is 1. The molecule has 1 N–H and O–H groups in total. The van der Waals surface area contributed by atoms with Crippen molar-refractivity contribution >= 4 is 32.4 Å². The molecule has 33 heavy (non-hydrogen) atoms. The van der Waals surface area contributed by atoms with Gasteiger partial charge in [-0.1, -0.05) is 23.5 Å². The van der Waals surface area contributed by atoms with Gasteiger partial charge in [0.25, 0.3) is 10.0 Å². The van der Waals surface area contributed by atoms with E-state index in [4.69, 9.17) is 9.47 Å². The third-order valence-corrected chi connectivity index (χ3v) is 8.59. The minimum Gasteiger partial charge on any atom is -0.494 e. The largest absolute Gasteiger partial charge is 0.494 e. The number of carbonyl (C=O) groups excluding carboxylic acids is 1. The molecule has 2 aromatic rings. The topological polar surface area (TPSA) is 101 Å². The first-order chi connectivity index (χ1) is 15.8. The molecule has 9 nitrogen and oxygen atoms in total. The van der Waals surface area contributed by atoms with E-state index in [9.17, 15) is 13.2 Å². The average Bonchev–Trinajstić information content (AvgIpc) is 3.21. The number of aromatic nitrogens is 1. The van der Waals surface area contributed by atoms with E-state index in [0.717, 1.165) is 55.5 Å². The third kappa shape index (κ3) is 7.21. The van der Waals surface area contributed by atoms with E-state index in [-0.39, 0.29) is 16.5 Å². The number of rotatable bonds is 11. The van der Waals surface area contributed by atoms with Crippen LogP contribution in [0.5, 0.6) is 5.75 Å². The number of hydrogen-bond acceptors (Lipinski definition) is 8. The van der Waals surface area contributed by atoms with Gasteiger partial charge < -0.3 is 9.47 Å². The van der Waals surface area contributed by atoms with Crippen LogP contribution < -0.4 is 14.4 Å². The lowest BCUT2D eigenvalue weighted by molar-refractivity contribution is -0.117. The van der Waals surface area contributed by atoms with Gasteiger partial charge in [0.2, 0.25) is 5.91 Å². The Bertz CT molecular complexity index is 1020. The van der Waals surface area contributed by atoms with Gasteiger partial charge in [-0.2, -0.15) is 0 Å². The fourth-order valence-corrected chi connectivity index (χ4v) is 6.03. The number of ether oxygens (including phenoxy) is 2. The molecule has 1 aliphatic heterocycles. The van der Waals surface area contributed by atoms with Gasteiger partial charge >= 0.3 is 0 Å². The maximum atomic E-state index is 12.8. The third-order valence-electron chi connectivity index (χ3n) is 5.28. The van der Waals surface area contributed by atoms with E-state index >= 15 is 0 Å². The number of nitrogens with zero attached hydrogens (tertiary/aromatic N) is 3. The predicted molar refractivity (Wildman–Crippen MR) is 129 cm³/mol. The smallest absolute Gasteiger partial charge is 0.252 e. The zero-order valence-corrected chi connectivity index (χ0v) is 21.0. The monoisotopic (exact) mass is 496 g/mol. The Balaban J connectivity index is 1.56. The van der Waals surface area contributed by atoms with Crippen molar-refractivity contribution in [2.45, 2.75) is 30.9 Å². The quantitative estimate of drug-likeness (QED) is 0.475. The number of carbonyl (C=O) groups is 1. The van der Waals surface area contributed by atoms with E-state index in [0.29, 0.717) is 30.4 Å². The summed E-state index contributed by atoms with van der Waals surface area (Å²) in [5.74, 6) is 0.584. The predicted octanol–water partition coefficient (Wildman–Crippen LogP) is 2.06. The number of sulfonamides is 1. The van der Waals surface area contributed by atoms with E-state index in [2.05, 4.69) is 14.6 Å². The van der Waals surface area contributed by atoms with Crippen LogP contribution in [0.2, 0.25) is 0 Å². The number of hydrogen-bond donors (Lipinski definition) is 1. The SMILES string of the molecule is CCOc1ccc(CC(=O)N(C)c2nc(C)c(S(=O)(=O)NCCCN3CCOCC3)s2)cc1. The molecule has 1 saturated heterocycles. The molecule has 182 valence electrons. The van der Waals surface area contributed by atoms with Gasteiger partial charge in [0, 0.05) is 26.7 Å². The second kappa shape index (κ2) is 11.9. The van der Waals surface area contributed by atoms with Gasteiger partial charge in [0.15, 0.2) is 9.34 Å². The number of thiazole rings is 1. The lowest BCUT2D eigenvalue weighted by atomic mass is 10.1. The molecule has 3 rings (SSSR count). The highest BCUT2D eigenvalue weighted by Gasteiger charge is 2.24. The standard InChI is InChI=1S/C22H32N4O5S2/c1-4-31-19-8-6-18(7-9-19)16-20(27)25(3)22-24-17(2)21(32-22)33(28,29)23-10-5-11-26-12-14-30-15-13-26/h6-9,23H,4-5,10-16H2,1-3H3. The van der Waals surface area contributed by atoms with Crippen LogP contribution in [0.25, 0.3) is 0 Å². The molecule has 1 aromatic carbocycles. The summed E-state index contributed by atoms with van der Waals surface area (Å²) in [5, 5.41) is 0.358. The number of likely N-dealkylation sites (N-methyl/N-ethyl adjacent to an activating group) is 1. The zero-order chi connectivity index (χ0) is 23.8. The van der Waals surface area contributed by atoms with Crippen molar-refractivity contribution in [1.29, 1.82) is 0 Å². The summed E-state index contributed by atoms with van der Waals surface area (Å²) in [6.07, 6.45) is 0.897. The van der Waals surface area contributed by atoms with Gasteiger partial charge in [-0.3, -0.25) is 14.6 Å². The molecule has 1 aliphatic rings. The first-order valence-electron chi connectivity index (χ1n) is 11.1. The van der Waals surface area contributed by atoms with Crippen molar-refractivity contribution in [3.63, 3.8) is 0 Å². The molecule has 11 heteroatoms. The molecular weight excluding hydrogens is 464 g/mol. The number of benzene rings is 1. The van der Waals surface area contributed by atoms with Crippen molar-refractivity contribution in [2.75, 3.05) is 57.9 Å². The molecule has 0 bridgehead atoms. The Hall–Kier alpha value is -2.05. The molecule has 1 amide bonds. The van der Waals surface area contributed by atoms with Crippen LogP contribution >= 0.6 is 11.3 Å². The first-order valence-corrected chi connectivity index (χ1v) is 13.4. The van der Waals surface area contributed by atoms with E-state index in [1.165, 1.54) is 4.90 Å². The van der Waals surface area contributed by atoms with Crippen LogP contribution in [0.4, 0.5) is 5.13 Å². The highest BCUT2D eigenvalue weighted by molar-refractivity contribution is 7.91. The van der Waals surface area contributed by atoms with Crippen molar-refractivity contribution in [1.82, 2.24) is 14.6 Å². The van der Waals surface area contributed by atoms with Gasteiger partial charge in [-0.05, 0) is 44.5 Å². The summed E-state index contributed by atoms with van der Waals surface area (Å²) in [4.78, 5) is 20.8. The Kier molecular flexibility index (Phi) is 9.21. The Morgan fingerprint density at radius 1 is 1.27 bits per heavy atom. The van der Waals surface area contributed by atoms with Crippen molar-refractivity contribution < 1.29 is 22.7 Å². The Morgan fingerprint density at radius 3 is 2.64 bits per heavy atom. The van der Waals surface area contributed by atoms with E-state index in [1.807, 2.05) is 31.2 Å². The van der Waals surface area contributed by atoms with Gasteiger partial charge in [-0.15, -0.1) is 0 Å². The maximum absolute atomic E-state index is 12.8. The molecule has 0 unspecified atom stereocenters. The molecule has 0 saturated carbocycles. The second-order valence-corrected chi connectivity index (χ2v) is 10.7. The zero-order valence-electron chi connectivity index (χ0n) is 19.4. The summed E-state index contributed by atoms with van der Waals surface area (Å²) in [6, 6.07) is 7.35. The summed E-state index contributed by atoms with van der Waals surface area (Å²) < 4.78 is 39.1. The highest BCUT2D eigenvalue weighted by Crippen LogP contribution is 2.29. The molecule has 0 radical (unpaired) electrons. The number of amides is 1. The summed E-state index contributed by atoms with van der Waals surface area (Å²) in [7, 11) is -2.08. The van der Waals surface area contributed by atoms with Crippen molar-refractivity contribution in [3.05, 3.63) is 35.5 Å².